The molecule has 9 heteroatoms. The van der Waals surface area contributed by atoms with Crippen molar-refractivity contribution in [2.75, 3.05) is 5.32 Å². The van der Waals surface area contributed by atoms with Crippen molar-refractivity contribution in [3.8, 4) is 0 Å². The average Bonchev–Trinajstić information content (AvgIpc) is 3.15. The molecule has 0 saturated carbocycles. The lowest BCUT2D eigenvalue weighted by atomic mass is 10.1. The van der Waals surface area contributed by atoms with E-state index >= 15 is 0 Å². The number of amides is 1. The lowest BCUT2D eigenvalue weighted by Gasteiger charge is -2.17. The number of nitrogens with zero attached hydrogens (tertiary/aromatic N) is 3. The number of nitrogens with one attached hydrogen (secondary N) is 1. The highest BCUT2D eigenvalue weighted by molar-refractivity contribution is 8.00. The van der Waals surface area contributed by atoms with Crippen molar-refractivity contribution in [1.29, 1.82) is 0 Å². The standard InChI is InChI=1S/C25H30N4O3S2/c1-6-15-29-22(16-34(31,32)20-13-11-17(3)12-14-20)27-28-25(29)33-21(7-2)24(30)26-23-18(4)9-8-10-19(23)5/h6,8-14,21H,1,7,15-16H2,2-5H3,(H,26,30). The summed E-state index contributed by atoms with van der Waals surface area (Å²) in [7, 11) is -3.60. The molecular weight excluding hydrogens is 468 g/mol. The number of carbonyl (C=O) groups excluding carboxylic acids is 1. The molecule has 3 rings (SSSR count). The van der Waals surface area contributed by atoms with Gasteiger partial charge in [0.05, 0.1) is 10.1 Å². The Hall–Kier alpha value is -2.91. The number of sulfone groups is 1. The van der Waals surface area contributed by atoms with Crippen molar-refractivity contribution < 1.29 is 13.2 Å². The van der Waals surface area contributed by atoms with Crippen LogP contribution in [0.5, 0.6) is 0 Å². The molecule has 0 aliphatic heterocycles. The molecule has 0 fully saturated rings. The topological polar surface area (TPSA) is 93.9 Å². The molecule has 1 atom stereocenters. The maximum atomic E-state index is 13.1. The number of rotatable bonds is 10. The fraction of sp³-hybridized carbons (Fsp3) is 0.320. The Bertz CT molecular complexity index is 1260. The van der Waals surface area contributed by atoms with Crippen LogP contribution in [0.25, 0.3) is 0 Å². The van der Waals surface area contributed by atoms with Gasteiger partial charge in [0.1, 0.15) is 11.6 Å². The Morgan fingerprint density at radius 2 is 1.76 bits per heavy atom. The van der Waals surface area contributed by atoms with Crippen LogP contribution in [-0.4, -0.2) is 34.3 Å². The molecule has 2 aromatic carbocycles. The fourth-order valence-electron chi connectivity index (χ4n) is 3.49. The highest BCUT2D eigenvalue weighted by atomic mass is 32.2. The minimum absolute atomic E-state index is 0.133. The summed E-state index contributed by atoms with van der Waals surface area (Å²) in [5.41, 5.74) is 3.78. The molecule has 0 aliphatic rings. The van der Waals surface area contributed by atoms with E-state index in [4.69, 9.17) is 0 Å². The molecule has 0 aliphatic carbocycles. The predicted octanol–water partition coefficient (Wildman–Crippen LogP) is 4.87. The summed E-state index contributed by atoms with van der Waals surface area (Å²) in [5.74, 6) is -0.108. The van der Waals surface area contributed by atoms with E-state index in [1.165, 1.54) is 11.8 Å². The average molecular weight is 499 g/mol. The van der Waals surface area contributed by atoms with Crippen LogP contribution in [0.3, 0.4) is 0 Å². The molecule has 1 aromatic heterocycles. The van der Waals surface area contributed by atoms with Crippen molar-refractivity contribution >= 4 is 33.2 Å². The maximum Gasteiger partial charge on any atom is 0.237 e. The van der Waals surface area contributed by atoms with Gasteiger partial charge in [0.15, 0.2) is 15.0 Å². The smallest absolute Gasteiger partial charge is 0.237 e. The molecular formula is C25H30N4O3S2. The first-order valence-electron chi connectivity index (χ1n) is 11.0. The number of hydrogen-bond acceptors (Lipinski definition) is 6. The van der Waals surface area contributed by atoms with Gasteiger partial charge in [-0.25, -0.2) is 8.42 Å². The number of carbonyl (C=O) groups is 1. The van der Waals surface area contributed by atoms with Crippen LogP contribution < -0.4 is 5.32 Å². The third-order valence-corrected chi connectivity index (χ3v) is 8.42. The number of hydrogen-bond donors (Lipinski definition) is 1. The molecule has 0 spiro atoms. The Morgan fingerprint density at radius 1 is 1.12 bits per heavy atom. The number of aryl methyl sites for hydroxylation is 3. The molecule has 1 unspecified atom stereocenters. The summed E-state index contributed by atoms with van der Waals surface area (Å²) in [5, 5.41) is 11.5. The minimum Gasteiger partial charge on any atom is -0.325 e. The van der Waals surface area contributed by atoms with E-state index in [0.29, 0.717) is 23.9 Å². The van der Waals surface area contributed by atoms with Gasteiger partial charge in [0.25, 0.3) is 0 Å². The van der Waals surface area contributed by atoms with E-state index in [1.807, 2.05) is 45.9 Å². The number of anilines is 1. The monoisotopic (exact) mass is 498 g/mol. The van der Waals surface area contributed by atoms with Crippen LogP contribution in [0.1, 0.15) is 35.9 Å². The molecule has 0 bridgehead atoms. The van der Waals surface area contributed by atoms with E-state index in [1.54, 1.807) is 34.9 Å². The zero-order valence-electron chi connectivity index (χ0n) is 19.9. The molecule has 34 heavy (non-hydrogen) atoms. The van der Waals surface area contributed by atoms with Crippen LogP contribution in [0.15, 0.2) is 65.2 Å². The van der Waals surface area contributed by atoms with Gasteiger partial charge in [-0.1, -0.05) is 60.7 Å². The first-order chi connectivity index (χ1) is 16.2. The van der Waals surface area contributed by atoms with Crippen molar-refractivity contribution in [2.45, 2.75) is 61.7 Å². The quantitative estimate of drug-likeness (QED) is 0.317. The number of thioether (sulfide) groups is 1. The molecule has 3 aromatic rings. The van der Waals surface area contributed by atoms with Gasteiger partial charge in [-0.3, -0.25) is 4.79 Å². The van der Waals surface area contributed by atoms with Crippen LogP contribution in [0.2, 0.25) is 0 Å². The summed E-state index contributed by atoms with van der Waals surface area (Å²) in [4.78, 5) is 13.3. The van der Waals surface area contributed by atoms with Gasteiger partial charge in [0, 0.05) is 12.2 Å². The largest absolute Gasteiger partial charge is 0.325 e. The van der Waals surface area contributed by atoms with Gasteiger partial charge in [0.2, 0.25) is 5.91 Å². The number of aromatic nitrogens is 3. The predicted molar refractivity (Wildman–Crippen MR) is 137 cm³/mol. The van der Waals surface area contributed by atoms with Gasteiger partial charge in [-0.05, 0) is 50.5 Å². The molecule has 1 amide bonds. The second kappa shape index (κ2) is 11.0. The molecule has 1 heterocycles. The zero-order valence-corrected chi connectivity index (χ0v) is 21.5. The molecule has 180 valence electrons. The van der Waals surface area contributed by atoms with Gasteiger partial charge in [-0.15, -0.1) is 16.8 Å². The van der Waals surface area contributed by atoms with Crippen LogP contribution in [-0.2, 0) is 26.9 Å². The summed E-state index contributed by atoms with van der Waals surface area (Å²) in [6.07, 6.45) is 2.23. The Kier molecular flexibility index (Phi) is 8.33. The number of para-hydroxylation sites is 1. The molecule has 7 nitrogen and oxygen atoms in total. The fourth-order valence-corrected chi connectivity index (χ4v) is 5.74. The van der Waals surface area contributed by atoms with Crippen molar-refractivity contribution in [2.24, 2.45) is 0 Å². The highest BCUT2D eigenvalue weighted by Crippen LogP contribution is 2.28. The second-order valence-electron chi connectivity index (χ2n) is 8.14. The lowest BCUT2D eigenvalue weighted by molar-refractivity contribution is -0.115. The van der Waals surface area contributed by atoms with Crippen LogP contribution in [0, 0.1) is 20.8 Å². The second-order valence-corrected chi connectivity index (χ2v) is 11.3. The van der Waals surface area contributed by atoms with E-state index in [2.05, 4.69) is 22.1 Å². The third kappa shape index (κ3) is 5.95. The SMILES string of the molecule is C=CCn1c(CS(=O)(=O)c2ccc(C)cc2)nnc1SC(CC)C(=O)Nc1c(C)cccc1C. The Labute approximate surface area is 205 Å². The van der Waals surface area contributed by atoms with Gasteiger partial charge < -0.3 is 9.88 Å². The number of allylic oxidation sites excluding steroid dienone is 1. The molecule has 0 saturated heterocycles. The number of benzene rings is 2. The maximum absolute atomic E-state index is 13.1. The summed E-state index contributed by atoms with van der Waals surface area (Å²) < 4.78 is 27.6. The normalized spacial score (nSPS) is 12.4. The zero-order chi connectivity index (χ0) is 24.9. The minimum atomic E-state index is -3.60. The van der Waals surface area contributed by atoms with Crippen molar-refractivity contribution in [1.82, 2.24) is 14.8 Å². The summed E-state index contributed by atoms with van der Waals surface area (Å²) in [6, 6.07) is 12.6. The third-order valence-electron chi connectivity index (χ3n) is 5.44. The van der Waals surface area contributed by atoms with Crippen LogP contribution >= 0.6 is 11.8 Å². The van der Waals surface area contributed by atoms with Gasteiger partial charge in [-0.2, -0.15) is 0 Å². The van der Waals surface area contributed by atoms with Crippen molar-refractivity contribution in [3.63, 3.8) is 0 Å². The highest BCUT2D eigenvalue weighted by Gasteiger charge is 2.25. The Morgan fingerprint density at radius 3 is 2.35 bits per heavy atom. The van der Waals surface area contributed by atoms with Gasteiger partial charge >= 0.3 is 0 Å². The summed E-state index contributed by atoms with van der Waals surface area (Å²) in [6.45, 7) is 11.9. The first-order valence-corrected chi connectivity index (χ1v) is 13.6. The molecule has 1 N–H and O–H groups in total. The summed E-state index contributed by atoms with van der Waals surface area (Å²) >= 11 is 1.27. The van der Waals surface area contributed by atoms with E-state index in [-0.39, 0.29) is 16.6 Å². The Balaban J connectivity index is 1.83. The first kappa shape index (κ1) is 25.7. The van der Waals surface area contributed by atoms with E-state index in [0.717, 1.165) is 22.4 Å². The van der Waals surface area contributed by atoms with Crippen LogP contribution in [0.4, 0.5) is 5.69 Å². The lowest BCUT2D eigenvalue weighted by Crippen LogP contribution is -2.26. The van der Waals surface area contributed by atoms with E-state index < -0.39 is 15.1 Å². The van der Waals surface area contributed by atoms with Crippen molar-refractivity contribution in [3.05, 3.63) is 77.6 Å². The molecule has 0 radical (unpaired) electrons. The van der Waals surface area contributed by atoms with E-state index in [9.17, 15) is 13.2 Å².